The van der Waals surface area contributed by atoms with E-state index >= 15 is 0 Å². The van der Waals surface area contributed by atoms with Crippen LogP contribution in [-0.2, 0) is 19.2 Å². The predicted octanol–water partition coefficient (Wildman–Crippen LogP) is 0.571. The first-order valence-electron chi connectivity index (χ1n) is 7.36. The zero-order valence-electron chi connectivity index (χ0n) is 12.8. The molecule has 1 heterocycles. The minimum atomic E-state index is -1.63. The van der Waals surface area contributed by atoms with E-state index in [0.717, 1.165) is 5.06 Å². The molecule has 1 spiro atoms. The number of hydrogen-bond acceptors (Lipinski definition) is 6. The summed E-state index contributed by atoms with van der Waals surface area (Å²) in [7, 11) is 1.23. The summed E-state index contributed by atoms with van der Waals surface area (Å²) in [5, 5.41) is 21.4. The van der Waals surface area contributed by atoms with Crippen molar-refractivity contribution < 1.29 is 29.4 Å². The van der Waals surface area contributed by atoms with E-state index in [-0.39, 0.29) is 12.1 Å². The van der Waals surface area contributed by atoms with Crippen molar-refractivity contribution >= 4 is 17.5 Å². The molecule has 1 unspecified atom stereocenters. The number of ketones is 2. The van der Waals surface area contributed by atoms with Crippen molar-refractivity contribution in [1.29, 1.82) is 0 Å². The molecule has 1 aliphatic heterocycles. The van der Waals surface area contributed by atoms with Crippen LogP contribution < -0.4 is 0 Å². The van der Waals surface area contributed by atoms with Gasteiger partial charge in [0.2, 0.25) is 0 Å². The smallest absolute Gasteiger partial charge is 0.265 e. The quantitative estimate of drug-likeness (QED) is 0.771. The molecule has 1 amide bonds. The van der Waals surface area contributed by atoms with Crippen molar-refractivity contribution in [3.63, 3.8) is 0 Å². The molecule has 3 atom stereocenters. The van der Waals surface area contributed by atoms with Crippen LogP contribution in [0, 0.1) is 11.3 Å². The summed E-state index contributed by atoms with van der Waals surface area (Å²) in [6.07, 6.45) is 3.24. The van der Waals surface area contributed by atoms with E-state index in [4.69, 9.17) is 4.84 Å². The van der Waals surface area contributed by atoms with Gasteiger partial charge in [0.15, 0.2) is 17.3 Å². The predicted molar refractivity (Wildman–Crippen MR) is 77.6 cm³/mol. The largest absolute Gasteiger partial charge is 0.503 e. The topological polar surface area (TPSA) is 104 Å². The van der Waals surface area contributed by atoms with Crippen molar-refractivity contribution in [2.75, 3.05) is 7.11 Å². The third-order valence-electron chi connectivity index (χ3n) is 4.75. The van der Waals surface area contributed by atoms with Crippen LogP contribution in [0.15, 0.2) is 35.3 Å². The molecule has 3 rings (SSSR count). The summed E-state index contributed by atoms with van der Waals surface area (Å²) in [6.45, 7) is 1.86. The number of hydrogen-bond donors (Lipinski definition) is 2. The van der Waals surface area contributed by atoms with Gasteiger partial charge in [-0.05, 0) is 18.1 Å². The SMILES string of the molecule is CC/C=C1/C=CC(=O)[C@H](O)C12C(=O)N(OC)C1=C(O)C(=O)C[C@H]12. The summed E-state index contributed by atoms with van der Waals surface area (Å²) in [4.78, 5) is 42.0. The number of nitrogens with zero attached hydrogens (tertiary/aromatic N) is 1. The van der Waals surface area contributed by atoms with E-state index in [1.54, 1.807) is 6.08 Å². The Balaban J connectivity index is 2.30. The highest BCUT2D eigenvalue weighted by molar-refractivity contribution is 6.08. The van der Waals surface area contributed by atoms with Gasteiger partial charge in [0.25, 0.3) is 5.91 Å². The Labute approximate surface area is 132 Å². The number of carbonyl (C=O) groups is 3. The van der Waals surface area contributed by atoms with Crippen molar-refractivity contribution in [2.24, 2.45) is 11.3 Å². The molecular formula is C16H17NO6. The van der Waals surface area contributed by atoms with Crippen LogP contribution in [0.3, 0.4) is 0 Å². The van der Waals surface area contributed by atoms with Gasteiger partial charge in [-0.25, -0.2) is 0 Å². The van der Waals surface area contributed by atoms with E-state index < -0.39 is 40.7 Å². The van der Waals surface area contributed by atoms with E-state index in [1.807, 2.05) is 6.92 Å². The molecule has 3 aliphatic rings. The van der Waals surface area contributed by atoms with Gasteiger partial charge in [-0.3, -0.25) is 19.2 Å². The van der Waals surface area contributed by atoms with Gasteiger partial charge in [0, 0.05) is 12.3 Å². The minimum Gasteiger partial charge on any atom is -0.503 e. The fraction of sp³-hybridized carbons (Fsp3) is 0.438. The molecule has 0 aromatic rings. The van der Waals surface area contributed by atoms with Crippen molar-refractivity contribution in [3.05, 3.63) is 35.3 Å². The lowest BCUT2D eigenvalue weighted by Crippen LogP contribution is -2.52. The van der Waals surface area contributed by atoms with Gasteiger partial charge in [-0.1, -0.05) is 19.1 Å². The van der Waals surface area contributed by atoms with Gasteiger partial charge < -0.3 is 10.2 Å². The molecule has 2 aliphatic carbocycles. The third kappa shape index (κ3) is 1.74. The first kappa shape index (κ1) is 15.6. The number of amides is 1. The van der Waals surface area contributed by atoms with E-state index in [2.05, 4.69) is 0 Å². The Morgan fingerprint density at radius 1 is 1.39 bits per heavy atom. The Kier molecular flexibility index (Phi) is 3.50. The number of Topliss-reactive ketones (excluding diaryl/α,β-unsaturated/α-hetero) is 1. The van der Waals surface area contributed by atoms with Crippen LogP contribution in [0.4, 0.5) is 0 Å². The second-order valence-corrected chi connectivity index (χ2v) is 5.77. The summed E-state index contributed by atoms with van der Waals surface area (Å²) in [5.41, 5.74) is -1.15. The fourth-order valence-electron chi connectivity index (χ4n) is 3.78. The normalized spacial score (nSPS) is 35.2. The van der Waals surface area contributed by atoms with E-state index in [1.165, 1.54) is 19.3 Å². The lowest BCUT2D eigenvalue weighted by molar-refractivity contribution is -0.172. The van der Waals surface area contributed by atoms with Crippen molar-refractivity contribution in [2.45, 2.75) is 25.9 Å². The molecule has 1 saturated heterocycles. The summed E-state index contributed by atoms with van der Waals surface area (Å²) >= 11 is 0. The zero-order chi connectivity index (χ0) is 16.9. The Bertz CT molecular complexity index is 703. The summed E-state index contributed by atoms with van der Waals surface area (Å²) in [6, 6.07) is 0. The van der Waals surface area contributed by atoms with Crippen LogP contribution in [0.25, 0.3) is 0 Å². The van der Waals surface area contributed by atoms with Crippen LogP contribution in [0.5, 0.6) is 0 Å². The summed E-state index contributed by atoms with van der Waals surface area (Å²) in [5.74, 6) is -3.17. The van der Waals surface area contributed by atoms with E-state index in [0.29, 0.717) is 12.0 Å². The number of hydroxylamine groups is 2. The second kappa shape index (κ2) is 5.14. The number of carbonyl (C=O) groups excluding carboxylic acids is 3. The van der Waals surface area contributed by atoms with Crippen LogP contribution in [0.2, 0.25) is 0 Å². The van der Waals surface area contributed by atoms with Gasteiger partial charge in [0.05, 0.1) is 7.11 Å². The molecule has 2 N–H and O–H groups in total. The molecule has 1 fully saturated rings. The molecule has 0 bridgehead atoms. The fourth-order valence-corrected chi connectivity index (χ4v) is 3.78. The molecule has 122 valence electrons. The number of aliphatic hydroxyl groups is 2. The number of allylic oxidation sites excluding steroid dienone is 4. The second-order valence-electron chi connectivity index (χ2n) is 5.77. The van der Waals surface area contributed by atoms with Gasteiger partial charge in [0.1, 0.15) is 17.2 Å². The molecule has 0 radical (unpaired) electrons. The third-order valence-corrected chi connectivity index (χ3v) is 4.75. The molecular weight excluding hydrogens is 302 g/mol. The number of fused-ring (bicyclic) bond motifs is 2. The first-order valence-corrected chi connectivity index (χ1v) is 7.36. The molecule has 23 heavy (non-hydrogen) atoms. The summed E-state index contributed by atoms with van der Waals surface area (Å²) < 4.78 is 0. The lowest BCUT2D eigenvalue weighted by Gasteiger charge is -2.38. The molecule has 7 nitrogen and oxygen atoms in total. The van der Waals surface area contributed by atoms with Gasteiger partial charge in [-0.15, -0.1) is 0 Å². The van der Waals surface area contributed by atoms with Gasteiger partial charge in [-0.2, -0.15) is 5.06 Å². The van der Waals surface area contributed by atoms with Gasteiger partial charge >= 0.3 is 0 Å². The highest BCUT2D eigenvalue weighted by Crippen LogP contribution is 2.57. The highest BCUT2D eigenvalue weighted by Gasteiger charge is 2.68. The Hall–Kier alpha value is -2.25. The van der Waals surface area contributed by atoms with Crippen LogP contribution in [-0.4, -0.2) is 46.0 Å². The van der Waals surface area contributed by atoms with E-state index in [9.17, 15) is 24.6 Å². The lowest BCUT2D eigenvalue weighted by atomic mass is 9.63. The Morgan fingerprint density at radius 3 is 2.70 bits per heavy atom. The van der Waals surface area contributed by atoms with Crippen molar-refractivity contribution in [3.8, 4) is 0 Å². The number of aliphatic hydroxyl groups excluding tert-OH is 2. The standard InChI is InChI=1S/C16H17NO6/c1-3-4-8-5-6-10(18)14(21)16(8)9-7-11(19)13(20)12(9)17(23-2)15(16)22/h4-6,9,14,20-21H,3,7H2,1-2H3/b8-4-/t9-,14+,16?/m1/s1. The monoisotopic (exact) mass is 319 g/mol. The van der Waals surface area contributed by atoms with Crippen LogP contribution in [0.1, 0.15) is 19.8 Å². The maximum Gasteiger partial charge on any atom is 0.265 e. The molecule has 7 heteroatoms. The minimum absolute atomic E-state index is 0.0200. The molecule has 0 aromatic carbocycles. The van der Waals surface area contributed by atoms with Crippen molar-refractivity contribution in [1.82, 2.24) is 5.06 Å². The average Bonchev–Trinajstić information content (AvgIpc) is 2.94. The van der Waals surface area contributed by atoms with Crippen LogP contribution >= 0.6 is 0 Å². The maximum atomic E-state index is 13.0. The molecule has 0 aromatic heterocycles. The molecule has 0 saturated carbocycles. The Morgan fingerprint density at radius 2 is 2.09 bits per heavy atom. The zero-order valence-corrected chi connectivity index (χ0v) is 12.8. The average molecular weight is 319 g/mol. The number of rotatable bonds is 2. The maximum absolute atomic E-state index is 13.0. The first-order chi connectivity index (χ1) is 10.9. The highest BCUT2D eigenvalue weighted by atomic mass is 16.7.